The van der Waals surface area contributed by atoms with Gasteiger partial charge in [-0.05, 0) is 12.1 Å². The van der Waals surface area contributed by atoms with E-state index in [0.29, 0.717) is 0 Å². The quantitative estimate of drug-likeness (QED) is 0.637. The highest BCUT2D eigenvalue weighted by Crippen LogP contribution is 2.41. The molecule has 0 saturated heterocycles. The van der Waals surface area contributed by atoms with Crippen LogP contribution in [0.2, 0.25) is 5.02 Å². The van der Waals surface area contributed by atoms with Gasteiger partial charge >= 0.3 is 0 Å². The summed E-state index contributed by atoms with van der Waals surface area (Å²) < 4.78 is 41.6. The summed E-state index contributed by atoms with van der Waals surface area (Å²) in [6, 6.07) is 14.2. The molecule has 146 valence electrons. The molecule has 0 aliphatic heterocycles. The molecule has 0 spiro atoms. The number of carbonyl (C=O) groups excluding carboxylic acids is 1. The minimum Gasteiger partial charge on any atom is -0.375 e. The van der Waals surface area contributed by atoms with E-state index in [9.17, 15) is 13.2 Å². The molecule has 1 amide bonds. The summed E-state index contributed by atoms with van der Waals surface area (Å²) in [4.78, 5) is 16.8. The monoisotopic (exact) mass is 422 g/mol. The lowest BCUT2D eigenvalue weighted by Crippen LogP contribution is -2.30. The van der Waals surface area contributed by atoms with E-state index in [1.165, 1.54) is 38.4 Å². The zero-order valence-corrected chi connectivity index (χ0v) is 16.5. The summed E-state index contributed by atoms with van der Waals surface area (Å²) in [6.45, 7) is 0. The summed E-state index contributed by atoms with van der Waals surface area (Å²) in [5.41, 5.74) is 2.34. The van der Waals surface area contributed by atoms with Crippen LogP contribution in [-0.2, 0) is 10.0 Å². The van der Waals surface area contributed by atoms with Crippen LogP contribution in [0.5, 0.6) is 5.75 Å². The van der Waals surface area contributed by atoms with Crippen molar-refractivity contribution in [2.45, 2.75) is 4.90 Å². The first-order valence-corrected chi connectivity index (χ1v) is 9.91. The van der Waals surface area contributed by atoms with Crippen molar-refractivity contribution >= 4 is 38.3 Å². The van der Waals surface area contributed by atoms with Gasteiger partial charge in [0.1, 0.15) is 4.90 Å². The molecule has 3 rings (SSSR count). The minimum atomic E-state index is -4.18. The lowest BCUT2D eigenvalue weighted by atomic mass is 10.1. The molecule has 3 aromatic carbocycles. The molecular formula is C19H16ClFN2O4S. The third-order valence-electron chi connectivity index (χ3n) is 4.03. The lowest BCUT2D eigenvalue weighted by Gasteiger charge is -2.19. The number of benzene rings is 3. The Balaban J connectivity index is 2.15. The van der Waals surface area contributed by atoms with Crippen molar-refractivity contribution in [3.8, 4) is 5.75 Å². The van der Waals surface area contributed by atoms with E-state index in [1.54, 1.807) is 30.3 Å². The van der Waals surface area contributed by atoms with E-state index in [-0.39, 0.29) is 21.4 Å². The molecular weight excluding hydrogens is 407 g/mol. The Labute approximate surface area is 166 Å². The van der Waals surface area contributed by atoms with E-state index in [2.05, 4.69) is 5.48 Å². The number of fused-ring (bicyclic) bond motifs is 1. The topological polar surface area (TPSA) is 75.7 Å². The van der Waals surface area contributed by atoms with Crippen LogP contribution < -0.4 is 10.3 Å². The molecule has 3 aromatic rings. The van der Waals surface area contributed by atoms with Gasteiger partial charge in [-0.2, -0.15) is 5.48 Å². The van der Waals surface area contributed by atoms with Gasteiger partial charge in [-0.3, -0.25) is 4.79 Å². The number of hydroxylamine groups is 1. The van der Waals surface area contributed by atoms with E-state index in [0.717, 1.165) is 4.31 Å². The molecule has 0 unspecified atom stereocenters. The number of nitrogens with one attached hydrogen (secondary N) is 1. The van der Waals surface area contributed by atoms with Gasteiger partial charge in [-0.1, -0.05) is 54.1 Å². The maximum atomic E-state index is 15.1. The first-order valence-electron chi connectivity index (χ1n) is 8.09. The molecule has 9 heteroatoms. The van der Waals surface area contributed by atoms with Gasteiger partial charge in [-0.25, -0.2) is 17.1 Å². The average molecular weight is 423 g/mol. The molecule has 0 aromatic heterocycles. The molecule has 0 bridgehead atoms. The smallest absolute Gasteiger partial charge is 0.283 e. The van der Waals surface area contributed by atoms with Gasteiger partial charge in [0.15, 0.2) is 5.82 Å². The van der Waals surface area contributed by atoms with Gasteiger partial charge in [0.25, 0.3) is 5.91 Å². The molecule has 0 aliphatic rings. The Morgan fingerprint density at radius 1 is 1.04 bits per heavy atom. The maximum Gasteiger partial charge on any atom is 0.283 e. The highest BCUT2D eigenvalue weighted by atomic mass is 35.5. The van der Waals surface area contributed by atoms with Gasteiger partial charge in [0, 0.05) is 30.4 Å². The molecule has 0 heterocycles. The van der Waals surface area contributed by atoms with E-state index in [4.69, 9.17) is 16.4 Å². The van der Waals surface area contributed by atoms with Crippen LogP contribution in [0.4, 0.5) is 4.39 Å². The molecule has 6 nitrogen and oxygen atoms in total. The number of hydrogen-bond acceptors (Lipinski definition) is 4. The van der Waals surface area contributed by atoms with Gasteiger partial charge in [0.05, 0.1) is 5.02 Å². The zero-order valence-electron chi connectivity index (χ0n) is 14.9. The molecule has 0 aliphatic carbocycles. The SMILES string of the molecule is CN(C)S(=O)(=O)c1c(ONC(=O)c2ccccc2)c(F)c2ccccc2c1Cl. The Hall–Kier alpha value is -2.68. The summed E-state index contributed by atoms with van der Waals surface area (Å²) in [5.74, 6) is -2.30. The number of sulfonamides is 1. The van der Waals surface area contributed by atoms with Crippen molar-refractivity contribution in [3.63, 3.8) is 0 Å². The van der Waals surface area contributed by atoms with Crippen molar-refractivity contribution in [2.75, 3.05) is 14.1 Å². The fourth-order valence-corrected chi connectivity index (χ4v) is 4.17. The van der Waals surface area contributed by atoms with Crippen LogP contribution in [0.25, 0.3) is 10.8 Å². The van der Waals surface area contributed by atoms with Crippen molar-refractivity contribution in [1.82, 2.24) is 9.79 Å². The van der Waals surface area contributed by atoms with Crippen LogP contribution in [0.3, 0.4) is 0 Å². The molecule has 0 atom stereocenters. The molecule has 28 heavy (non-hydrogen) atoms. The van der Waals surface area contributed by atoms with Gasteiger partial charge < -0.3 is 4.84 Å². The lowest BCUT2D eigenvalue weighted by molar-refractivity contribution is 0.0745. The molecule has 0 radical (unpaired) electrons. The maximum absolute atomic E-state index is 15.1. The number of rotatable bonds is 5. The number of amides is 1. The van der Waals surface area contributed by atoms with Crippen LogP contribution in [0.15, 0.2) is 59.5 Å². The molecule has 0 fully saturated rings. The predicted octanol–water partition coefficient (Wildman–Crippen LogP) is 3.61. The number of nitrogens with zero attached hydrogens (tertiary/aromatic N) is 1. The summed E-state index contributed by atoms with van der Waals surface area (Å²) in [6.07, 6.45) is 0. The Bertz CT molecular complexity index is 1150. The Morgan fingerprint density at radius 2 is 1.61 bits per heavy atom. The first kappa shape index (κ1) is 20.1. The summed E-state index contributed by atoms with van der Waals surface area (Å²) in [7, 11) is -1.61. The van der Waals surface area contributed by atoms with E-state index < -0.39 is 32.4 Å². The van der Waals surface area contributed by atoms with Crippen LogP contribution >= 0.6 is 11.6 Å². The predicted molar refractivity (Wildman–Crippen MR) is 104 cm³/mol. The number of carbonyl (C=O) groups is 1. The van der Waals surface area contributed by atoms with E-state index in [1.807, 2.05) is 0 Å². The number of hydrogen-bond donors (Lipinski definition) is 1. The molecule has 0 saturated carbocycles. The third kappa shape index (κ3) is 3.54. The van der Waals surface area contributed by atoms with Gasteiger partial charge in [-0.15, -0.1) is 0 Å². The standard InChI is InChI=1S/C19H16ClFN2O4S/c1-23(2)28(25,26)18-15(20)13-10-6-7-11-14(13)16(21)17(18)27-22-19(24)12-8-4-3-5-9-12/h3-11H,1-2H3,(H,22,24). The average Bonchev–Trinajstić information content (AvgIpc) is 2.69. The van der Waals surface area contributed by atoms with Crippen molar-refractivity contribution < 1.29 is 22.4 Å². The molecule has 1 N–H and O–H groups in total. The summed E-state index contributed by atoms with van der Waals surface area (Å²) >= 11 is 6.31. The fourth-order valence-electron chi connectivity index (χ4n) is 2.56. The van der Waals surface area contributed by atoms with E-state index >= 15 is 4.39 Å². The van der Waals surface area contributed by atoms with Crippen LogP contribution in [0.1, 0.15) is 10.4 Å². The van der Waals surface area contributed by atoms with Crippen molar-refractivity contribution in [2.24, 2.45) is 0 Å². The zero-order chi connectivity index (χ0) is 20.5. The highest BCUT2D eigenvalue weighted by molar-refractivity contribution is 7.89. The van der Waals surface area contributed by atoms with Crippen molar-refractivity contribution in [3.05, 3.63) is 71.0 Å². The second-order valence-electron chi connectivity index (χ2n) is 6.02. The Kier molecular flexibility index (Phi) is 5.55. The third-order valence-corrected chi connectivity index (χ3v) is 6.40. The fraction of sp³-hybridized carbons (Fsp3) is 0.105. The highest BCUT2D eigenvalue weighted by Gasteiger charge is 2.32. The van der Waals surface area contributed by atoms with Gasteiger partial charge in [0.2, 0.25) is 15.8 Å². The van der Waals surface area contributed by atoms with Crippen LogP contribution in [0, 0.1) is 5.82 Å². The normalized spacial score (nSPS) is 11.6. The Morgan fingerprint density at radius 3 is 2.21 bits per heavy atom. The minimum absolute atomic E-state index is 0.0640. The second kappa shape index (κ2) is 7.75. The number of halogens is 2. The summed E-state index contributed by atoms with van der Waals surface area (Å²) in [5, 5.41) is 0.0765. The largest absolute Gasteiger partial charge is 0.375 e. The second-order valence-corrected chi connectivity index (χ2v) is 8.49. The van der Waals surface area contributed by atoms with Crippen LogP contribution in [-0.4, -0.2) is 32.7 Å². The first-order chi connectivity index (χ1) is 13.2. The van der Waals surface area contributed by atoms with Crippen molar-refractivity contribution in [1.29, 1.82) is 0 Å².